The van der Waals surface area contributed by atoms with E-state index in [4.69, 9.17) is 26.2 Å². The van der Waals surface area contributed by atoms with Gasteiger partial charge in [0.15, 0.2) is 6.10 Å². The van der Waals surface area contributed by atoms with E-state index >= 15 is 0 Å². The zero-order valence-corrected chi connectivity index (χ0v) is 15.9. The van der Waals surface area contributed by atoms with Crippen LogP contribution in [0.4, 0.5) is 18.9 Å². The highest BCUT2D eigenvalue weighted by atomic mass is 35.5. The first-order valence-electron chi connectivity index (χ1n) is 8.20. The number of ether oxygens (including phenoxy) is 2. The topological polar surface area (TPSA) is 116 Å². The van der Waals surface area contributed by atoms with Crippen LogP contribution in [-0.2, 0) is 15.7 Å². The number of carboxylic acid groups (broad SMARTS) is 1. The average Bonchev–Trinajstić information content (AvgIpc) is 2.66. The highest BCUT2D eigenvalue weighted by Gasteiger charge is 2.31. The molecule has 0 spiro atoms. The Morgan fingerprint density at radius 3 is 2.40 bits per heavy atom. The number of esters is 1. The minimum atomic E-state index is -4.62. The zero-order chi connectivity index (χ0) is 22.6. The predicted molar refractivity (Wildman–Crippen MR) is 96.8 cm³/mol. The van der Waals surface area contributed by atoms with Gasteiger partial charge in [-0.05, 0) is 30.7 Å². The number of carbonyl (C=O) groups excluding carboxylic acids is 1. The molecule has 1 atom stereocenters. The van der Waals surface area contributed by atoms with Crippen LogP contribution in [-0.4, -0.2) is 28.1 Å². The van der Waals surface area contributed by atoms with Crippen molar-refractivity contribution in [3.8, 4) is 11.5 Å². The number of alkyl halides is 3. The van der Waals surface area contributed by atoms with Crippen LogP contribution in [0.3, 0.4) is 0 Å². The number of rotatable bonds is 7. The monoisotopic (exact) mass is 447 g/mol. The number of carboxylic acids is 1. The number of nitro benzene ring substituents is 1. The molecule has 0 heterocycles. The first-order chi connectivity index (χ1) is 13.9. The van der Waals surface area contributed by atoms with Crippen molar-refractivity contribution in [3.05, 3.63) is 62.7 Å². The normalized spacial score (nSPS) is 12.2. The van der Waals surface area contributed by atoms with Crippen molar-refractivity contribution in [1.29, 1.82) is 0 Å². The molecule has 2 rings (SSSR count). The number of halogens is 4. The Hall–Kier alpha value is -3.34. The lowest BCUT2D eigenvalue weighted by Crippen LogP contribution is -2.26. The highest BCUT2D eigenvalue weighted by molar-refractivity contribution is 6.32. The lowest BCUT2D eigenvalue weighted by Gasteiger charge is -2.13. The smallest absolute Gasteiger partial charge is 0.416 e. The summed E-state index contributed by atoms with van der Waals surface area (Å²) >= 11 is 5.80. The number of hydrogen-bond donors (Lipinski definition) is 1. The van der Waals surface area contributed by atoms with Gasteiger partial charge in [0.25, 0.3) is 5.69 Å². The second-order valence-corrected chi connectivity index (χ2v) is 6.23. The molecular weight excluding hydrogens is 435 g/mol. The summed E-state index contributed by atoms with van der Waals surface area (Å²) in [5, 5.41) is 19.8. The summed E-state index contributed by atoms with van der Waals surface area (Å²) in [6.45, 7) is 1.44. The van der Waals surface area contributed by atoms with Gasteiger partial charge >= 0.3 is 18.1 Å². The Bertz CT molecular complexity index is 994. The van der Waals surface area contributed by atoms with E-state index < -0.39 is 46.0 Å². The van der Waals surface area contributed by atoms with Crippen molar-refractivity contribution in [2.24, 2.45) is 0 Å². The first-order valence-corrected chi connectivity index (χ1v) is 8.58. The molecular formula is C18H13ClF3NO7. The fourth-order valence-electron chi connectivity index (χ4n) is 2.29. The number of aliphatic carboxylic acids is 1. The number of nitrogens with zero attached hydrogens (tertiary/aromatic N) is 1. The molecule has 0 aromatic heterocycles. The van der Waals surface area contributed by atoms with Gasteiger partial charge in [-0.2, -0.15) is 13.2 Å². The van der Waals surface area contributed by atoms with Gasteiger partial charge in [-0.15, -0.1) is 0 Å². The molecule has 1 unspecified atom stereocenters. The molecule has 160 valence electrons. The van der Waals surface area contributed by atoms with Gasteiger partial charge in [0, 0.05) is 12.1 Å². The predicted octanol–water partition coefficient (Wildman–Crippen LogP) is 5.08. The lowest BCUT2D eigenvalue weighted by atomic mass is 10.1. The van der Waals surface area contributed by atoms with Gasteiger partial charge in [-0.1, -0.05) is 18.5 Å². The van der Waals surface area contributed by atoms with Crippen LogP contribution in [0.15, 0.2) is 36.4 Å². The summed E-state index contributed by atoms with van der Waals surface area (Å²) in [5.74, 6) is -3.08. The molecule has 30 heavy (non-hydrogen) atoms. The summed E-state index contributed by atoms with van der Waals surface area (Å²) in [6.07, 6.45) is -6.22. The minimum absolute atomic E-state index is 0.0772. The van der Waals surface area contributed by atoms with Crippen LogP contribution in [0.5, 0.6) is 11.5 Å². The molecule has 0 fully saturated rings. The zero-order valence-electron chi connectivity index (χ0n) is 15.1. The number of carbonyl (C=O) groups is 2. The maximum Gasteiger partial charge on any atom is 0.416 e. The van der Waals surface area contributed by atoms with Crippen LogP contribution in [0.2, 0.25) is 5.02 Å². The number of hydrogen-bond acceptors (Lipinski definition) is 6. The van der Waals surface area contributed by atoms with Crippen molar-refractivity contribution in [3.63, 3.8) is 0 Å². The largest absolute Gasteiger partial charge is 0.479 e. The van der Waals surface area contributed by atoms with Crippen LogP contribution in [0.1, 0.15) is 29.3 Å². The molecule has 0 saturated carbocycles. The maximum absolute atomic E-state index is 12.7. The third kappa shape index (κ3) is 5.38. The summed E-state index contributed by atoms with van der Waals surface area (Å²) in [5.41, 5.74) is -2.28. The molecule has 8 nitrogen and oxygen atoms in total. The van der Waals surface area contributed by atoms with Crippen molar-refractivity contribution in [2.45, 2.75) is 25.6 Å². The van der Waals surface area contributed by atoms with E-state index in [0.29, 0.717) is 6.07 Å². The van der Waals surface area contributed by atoms with E-state index in [1.54, 1.807) is 0 Å². The molecule has 1 N–H and O–H groups in total. The van der Waals surface area contributed by atoms with E-state index in [-0.39, 0.29) is 22.9 Å². The molecule has 2 aromatic rings. The van der Waals surface area contributed by atoms with Crippen LogP contribution in [0.25, 0.3) is 0 Å². The quantitative estimate of drug-likeness (QED) is 0.357. The minimum Gasteiger partial charge on any atom is -0.479 e. The molecule has 12 heteroatoms. The van der Waals surface area contributed by atoms with Gasteiger partial charge in [-0.3, -0.25) is 10.1 Å². The fraction of sp³-hybridized carbons (Fsp3) is 0.222. The van der Waals surface area contributed by atoms with E-state index in [1.807, 2.05) is 0 Å². The Morgan fingerprint density at radius 2 is 1.90 bits per heavy atom. The van der Waals surface area contributed by atoms with Gasteiger partial charge in [-0.25, -0.2) is 9.59 Å². The molecule has 0 aliphatic heterocycles. The summed E-state index contributed by atoms with van der Waals surface area (Å²) in [4.78, 5) is 33.6. The van der Waals surface area contributed by atoms with Crippen molar-refractivity contribution in [1.82, 2.24) is 0 Å². The van der Waals surface area contributed by atoms with Crippen molar-refractivity contribution < 1.29 is 42.3 Å². The number of benzene rings is 2. The molecule has 0 saturated heterocycles. The Morgan fingerprint density at radius 1 is 1.23 bits per heavy atom. The molecule has 0 bridgehead atoms. The maximum atomic E-state index is 12.7. The first kappa shape index (κ1) is 22.9. The van der Waals surface area contributed by atoms with Crippen molar-refractivity contribution in [2.75, 3.05) is 0 Å². The fourth-order valence-corrected chi connectivity index (χ4v) is 2.51. The lowest BCUT2D eigenvalue weighted by molar-refractivity contribution is -0.385. The Balaban J connectivity index is 2.37. The third-order valence-corrected chi connectivity index (χ3v) is 4.06. The molecule has 0 aliphatic rings. The van der Waals surface area contributed by atoms with Crippen LogP contribution in [0, 0.1) is 10.1 Å². The molecule has 0 aliphatic carbocycles. The number of nitro groups is 1. The molecule has 0 radical (unpaired) electrons. The van der Waals surface area contributed by atoms with Gasteiger partial charge in [0.2, 0.25) is 0 Å². The summed E-state index contributed by atoms with van der Waals surface area (Å²) in [6, 6.07) is 5.21. The van der Waals surface area contributed by atoms with E-state index in [1.165, 1.54) is 6.92 Å². The Kier molecular flexibility index (Phi) is 6.88. The summed E-state index contributed by atoms with van der Waals surface area (Å²) in [7, 11) is 0. The average molecular weight is 448 g/mol. The van der Waals surface area contributed by atoms with Gasteiger partial charge in [0.05, 0.1) is 15.5 Å². The van der Waals surface area contributed by atoms with Crippen LogP contribution < -0.4 is 4.74 Å². The summed E-state index contributed by atoms with van der Waals surface area (Å²) < 4.78 is 48.3. The Labute approximate surface area is 171 Å². The second kappa shape index (κ2) is 8.99. The highest BCUT2D eigenvalue weighted by Crippen LogP contribution is 2.37. The molecule has 2 aromatic carbocycles. The third-order valence-electron chi connectivity index (χ3n) is 3.77. The SMILES string of the molecule is CCC(OC(=O)c1cc(Oc2ccc(C(F)(F)F)cc2Cl)ccc1[N+](=O)[O-])C(=O)O. The standard InChI is InChI=1S/C18H13ClF3NO7/c1-2-14(16(24)25)30-17(26)11-8-10(4-5-13(11)23(27)28)29-15-6-3-9(7-12(15)19)18(20,21)22/h3-8,14H,2H2,1H3,(H,24,25). The van der Waals surface area contributed by atoms with Gasteiger partial charge < -0.3 is 14.6 Å². The van der Waals surface area contributed by atoms with Crippen LogP contribution >= 0.6 is 11.6 Å². The van der Waals surface area contributed by atoms with E-state index in [2.05, 4.69) is 0 Å². The second-order valence-electron chi connectivity index (χ2n) is 5.82. The molecule has 0 amide bonds. The van der Waals surface area contributed by atoms with E-state index in [9.17, 15) is 32.9 Å². The van der Waals surface area contributed by atoms with E-state index in [0.717, 1.165) is 30.3 Å². The van der Waals surface area contributed by atoms with Crippen molar-refractivity contribution >= 4 is 29.2 Å². The van der Waals surface area contributed by atoms with Gasteiger partial charge in [0.1, 0.15) is 17.1 Å².